The van der Waals surface area contributed by atoms with Gasteiger partial charge in [0, 0.05) is 5.92 Å². The minimum atomic E-state index is -0.503. The summed E-state index contributed by atoms with van der Waals surface area (Å²) >= 11 is 8.03. The van der Waals surface area contributed by atoms with Gasteiger partial charge in [0.05, 0.1) is 5.54 Å². The van der Waals surface area contributed by atoms with Crippen LogP contribution in [0.3, 0.4) is 0 Å². The molecule has 0 aromatic heterocycles. The van der Waals surface area contributed by atoms with E-state index in [1.54, 1.807) is 0 Å². The lowest BCUT2D eigenvalue weighted by molar-refractivity contribution is -0.116. The molecule has 0 saturated heterocycles. The van der Waals surface area contributed by atoms with E-state index in [-0.39, 0.29) is 11.7 Å². The molecule has 13 heavy (non-hydrogen) atoms. The first-order valence-electron chi connectivity index (χ1n) is 4.02. The quantitative estimate of drug-likeness (QED) is 0.419. The van der Waals surface area contributed by atoms with Crippen LogP contribution in [-0.2, 0) is 4.79 Å². The largest absolute Gasteiger partial charge is 0.285 e. The van der Waals surface area contributed by atoms with Gasteiger partial charge in [-0.3, -0.25) is 4.79 Å². The van der Waals surface area contributed by atoms with E-state index in [0.717, 1.165) is 0 Å². The van der Waals surface area contributed by atoms with Gasteiger partial charge in [0.2, 0.25) is 5.78 Å². The second-order valence-corrected chi connectivity index (χ2v) is 4.73. The zero-order chi connectivity index (χ0) is 10.6. The Kier molecular flexibility index (Phi) is 4.90. The van der Waals surface area contributed by atoms with Crippen LogP contribution in [0.15, 0.2) is 0 Å². The van der Waals surface area contributed by atoms with Gasteiger partial charge in [0.15, 0.2) is 0 Å². The van der Waals surface area contributed by atoms with Gasteiger partial charge in [0.1, 0.15) is 0 Å². The first-order valence-corrected chi connectivity index (χ1v) is 4.82. The Morgan fingerprint density at radius 1 is 1.38 bits per heavy atom. The number of carbonyl (C=O) groups excluding carboxylic acids is 1. The molecule has 0 N–H and O–H groups in total. The standard InChI is InChI=1S/C9H15NOS2/c1-7(2)8(11)5-6-9(3,4)10(12)13/h7,12-13H,1-4H3. The Morgan fingerprint density at radius 2 is 1.85 bits per heavy atom. The van der Waals surface area contributed by atoms with Crippen molar-refractivity contribution in [3.05, 3.63) is 0 Å². The topological polar surface area (TPSA) is 20.3 Å². The predicted octanol–water partition coefficient (Wildman–Crippen LogP) is 1.99. The molecule has 0 atom stereocenters. The van der Waals surface area contributed by atoms with Crippen molar-refractivity contribution in [2.75, 3.05) is 0 Å². The molecular formula is C9H15NOS2. The van der Waals surface area contributed by atoms with Gasteiger partial charge in [-0.1, -0.05) is 45.4 Å². The van der Waals surface area contributed by atoms with E-state index in [4.69, 9.17) is 0 Å². The van der Waals surface area contributed by atoms with Crippen molar-refractivity contribution in [3.63, 3.8) is 0 Å². The third-order valence-corrected chi connectivity index (χ3v) is 2.52. The molecule has 0 amide bonds. The van der Waals surface area contributed by atoms with Crippen LogP contribution >= 0.6 is 25.6 Å². The lowest BCUT2D eigenvalue weighted by Gasteiger charge is -2.23. The third kappa shape index (κ3) is 4.61. The van der Waals surface area contributed by atoms with Gasteiger partial charge in [-0.25, -0.2) is 0 Å². The van der Waals surface area contributed by atoms with Crippen molar-refractivity contribution in [2.45, 2.75) is 33.2 Å². The fourth-order valence-corrected chi connectivity index (χ4v) is 0.509. The fraction of sp³-hybridized carbons (Fsp3) is 0.667. The monoisotopic (exact) mass is 217 g/mol. The SMILES string of the molecule is CC(C)C(=O)C#CC(C)(C)N(S)S. The van der Waals surface area contributed by atoms with Crippen LogP contribution in [0.4, 0.5) is 0 Å². The summed E-state index contributed by atoms with van der Waals surface area (Å²) in [5, 5.41) is 0. The maximum Gasteiger partial charge on any atom is 0.208 e. The van der Waals surface area contributed by atoms with Crippen molar-refractivity contribution in [1.29, 1.82) is 0 Å². The fourth-order valence-electron chi connectivity index (χ4n) is 0.409. The highest BCUT2D eigenvalue weighted by Crippen LogP contribution is 2.17. The summed E-state index contributed by atoms with van der Waals surface area (Å²) in [6.07, 6.45) is 0. The normalized spacial score (nSPS) is 11.4. The molecule has 0 rings (SSSR count). The molecule has 74 valence electrons. The van der Waals surface area contributed by atoms with Crippen LogP contribution < -0.4 is 0 Å². The summed E-state index contributed by atoms with van der Waals surface area (Å²) in [4.78, 5) is 11.2. The highest BCUT2D eigenvalue weighted by molar-refractivity contribution is 7.93. The second-order valence-electron chi connectivity index (χ2n) is 3.62. The number of carbonyl (C=O) groups is 1. The number of ketones is 1. The Hall–Kier alpha value is -0.110. The zero-order valence-corrected chi connectivity index (χ0v) is 10.1. The predicted molar refractivity (Wildman–Crippen MR) is 61.5 cm³/mol. The molecule has 0 aliphatic carbocycles. The van der Waals surface area contributed by atoms with Crippen LogP contribution in [-0.4, -0.2) is 15.0 Å². The minimum Gasteiger partial charge on any atom is -0.285 e. The van der Waals surface area contributed by atoms with E-state index >= 15 is 0 Å². The summed E-state index contributed by atoms with van der Waals surface area (Å²) in [5.74, 6) is 5.28. The molecular weight excluding hydrogens is 202 g/mol. The molecule has 0 radical (unpaired) electrons. The van der Waals surface area contributed by atoms with E-state index in [9.17, 15) is 4.79 Å². The molecule has 0 aliphatic heterocycles. The van der Waals surface area contributed by atoms with Crippen molar-refractivity contribution < 1.29 is 4.79 Å². The summed E-state index contributed by atoms with van der Waals surface area (Å²) < 4.78 is 1.38. The molecule has 0 unspecified atom stereocenters. The van der Waals surface area contributed by atoms with Crippen LogP contribution in [0.25, 0.3) is 0 Å². The van der Waals surface area contributed by atoms with Gasteiger partial charge in [-0.15, -0.1) is 0 Å². The minimum absolute atomic E-state index is 0.0448. The van der Waals surface area contributed by atoms with E-state index in [1.807, 2.05) is 27.7 Å². The molecule has 2 nitrogen and oxygen atoms in total. The third-order valence-electron chi connectivity index (χ3n) is 1.52. The van der Waals surface area contributed by atoms with Crippen LogP contribution in [0, 0.1) is 17.8 Å². The van der Waals surface area contributed by atoms with Crippen LogP contribution in [0.1, 0.15) is 27.7 Å². The van der Waals surface area contributed by atoms with Crippen molar-refractivity contribution in [2.24, 2.45) is 5.92 Å². The van der Waals surface area contributed by atoms with Gasteiger partial charge in [0.25, 0.3) is 0 Å². The molecule has 0 aromatic carbocycles. The summed E-state index contributed by atoms with van der Waals surface area (Å²) in [6.45, 7) is 7.33. The molecule has 4 heteroatoms. The van der Waals surface area contributed by atoms with E-state index in [2.05, 4.69) is 37.5 Å². The molecule has 0 aromatic rings. The van der Waals surface area contributed by atoms with Crippen molar-refractivity contribution in [3.8, 4) is 11.8 Å². The number of hydrogen-bond donors (Lipinski definition) is 2. The van der Waals surface area contributed by atoms with Crippen molar-refractivity contribution in [1.82, 2.24) is 3.71 Å². The van der Waals surface area contributed by atoms with Gasteiger partial charge >= 0.3 is 0 Å². The number of hydrogen-bond acceptors (Lipinski definition) is 4. The lowest BCUT2D eigenvalue weighted by Crippen LogP contribution is -2.29. The maximum atomic E-state index is 11.2. The average Bonchev–Trinajstić information content (AvgIpc) is 1.99. The van der Waals surface area contributed by atoms with Gasteiger partial charge in [-0.2, -0.15) is 3.71 Å². The number of Topliss-reactive ketones (excluding diaryl/α,β-unsaturated/α-hetero) is 1. The van der Waals surface area contributed by atoms with E-state index in [0.29, 0.717) is 0 Å². The lowest BCUT2D eigenvalue weighted by atomic mass is 10.1. The number of nitrogens with zero attached hydrogens (tertiary/aromatic N) is 1. The molecule has 0 spiro atoms. The van der Waals surface area contributed by atoms with Gasteiger partial charge in [-0.05, 0) is 19.8 Å². The second kappa shape index (κ2) is 4.94. The first-order chi connectivity index (χ1) is 5.77. The van der Waals surface area contributed by atoms with Crippen LogP contribution in [0.2, 0.25) is 0 Å². The molecule has 0 heterocycles. The Balaban J connectivity index is 4.50. The number of rotatable bonds is 2. The Morgan fingerprint density at radius 3 is 2.15 bits per heavy atom. The summed E-state index contributed by atoms with van der Waals surface area (Å²) in [5.41, 5.74) is -0.503. The molecule has 0 bridgehead atoms. The highest BCUT2D eigenvalue weighted by atomic mass is 32.2. The van der Waals surface area contributed by atoms with E-state index in [1.165, 1.54) is 3.71 Å². The van der Waals surface area contributed by atoms with E-state index < -0.39 is 5.54 Å². The average molecular weight is 217 g/mol. The Labute approximate surface area is 91.2 Å². The summed E-state index contributed by atoms with van der Waals surface area (Å²) in [7, 11) is 0. The zero-order valence-electron chi connectivity index (χ0n) is 8.33. The maximum absolute atomic E-state index is 11.2. The Bertz CT molecular complexity index is 248. The molecule has 0 saturated carbocycles. The first kappa shape index (κ1) is 12.9. The van der Waals surface area contributed by atoms with Gasteiger partial charge < -0.3 is 0 Å². The smallest absolute Gasteiger partial charge is 0.208 e. The number of thiol groups is 2. The van der Waals surface area contributed by atoms with Crippen molar-refractivity contribution >= 4 is 31.4 Å². The summed E-state index contributed by atoms with van der Waals surface area (Å²) in [6, 6.07) is 0. The van der Waals surface area contributed by atoms with Crippen LogP contribution in [0.5, 0.6) is 0 Å². The molecule has 0 fully saturated rings. The molecule has 0 aliphatic rings. The highest BCUT2D eigenvalue weighted by Gasteiger charge is 2.19.